The van der Waals surface area contributed by atoms with E-state index in [4.69, 9.17) is 10.2 Å². The van der Waals surface area contributed by atoms with Crippen LogP contribution in [0.4, 0.5) is 5.69 Å². The molecule has 0 aliphatic carbocycles. The van der Waals surface area contributed by atoms with Crippen molar-refractivity contribution >= 4 is 17.6 Å². The van der Waals surface area contributed by atoms with Crippen LogP contribution in [0.15, 0.2) is 24.3 Å². The van der Waals surface area contributed by atoms with E-state index in [1.54, 1.807) is 18.7 Å². The van der Waals surface area contributed by atoms with Gasteiger partial charge in [0.2, 0.25) is 0 Å². The average Bonchev–Trinajstić information content (AvgIpc) is 2.35. The van der Waals surface area contributed by atoms with Gasteiger partial charge in [0, 0.05) is 12.2 Å². The van der Waals surface area contributed by atoms with Crippen molar-refractivity contribution in [2.75, 3.05) is 11.4 Å². The van der Waals surface area contributed by atoms with Gasteiger partial charge in [0.1, 0.15) is 6.04 Å². The number of anilines is 1. The lowest BCUT2D eigenvalue weighted by Gasteiger charge is -2.30. The van der Waals surface area contributed by atoms with Crippen LogP contribution in [0, 0.1) is 12.8 Å². The fourth-order valence-corrected chi connectivity index (χ4v) is 1.73. The minimum Gasteiger partial charge on any atom is -0.481 e. The third-order valence-electron chi connectivity index (χ3n) is 3.08. The fourth-order valence-electron chi connectivity index (χ4n) is 1.73. The molecule has 0 saturated carbocycles. The van der Waals surface area contributed by atoms with E-state index in [-0.39, 0.29) is 6.54 Å². The minimum atomic E-state index is -0.974. The SMILES string of the molecule is Cc1ccc(N(CC(C)C(=O)O)C(C)C(=O)O)cc1. The average molecular weight is 265 g/mol. The monoisotopic (exact) mass is 265 g/mol. The second-order valence-corrected chi connectivity index (χ2v) is 4.74. The van der Waals surface area contributed by atoms with Crippen molar-refractivity contribution in [1.82, 2.24) is 0 Å². The van der Waals surface area contributed by atoms with Gasteiger partial charge in [-0.05, 0) is 26.0 Å². The number of rotatable bonds is 6. The summed E-state index contributed by atoms with van der Waals surface area (Å²) < 4.78 is 0. The van der Waals surface area contributed by atoms with Gasteiger partial charge in [-0.1, -0.05) is 24.6 Å². The van der Waals surface area contributed by atoms with E-state index in [0.29, 0.717) is 5.69 Å². The van der Waals surface area contributed by atoms with Crippen molar-refractivity contribution in [3.05, 3.63) is 29.8 Å². The van der Waals surface area contributed by atoms with Gasteiger partial charge in [0.15, 0.2) is 0 Å². The van der Waals surface area contributed by atoms with Crippen LogP contribution in [0.3, 0.4) is 0 Å². The van der Waals surface area contributed by atoms with Gasteiger partial charge in [-0.25, -0.2) is 4.79 Å². The van der Waals surface area contributed by atoms with Crippen molar-refractivity contribution < 1.29 is 19.8 Å². The van der Waals surface area contributed by atoms with E-state index in [1.807, 2.05) is 31.2 Å². The first-order chi connectivity index (χ1) is 8.82. The Morgan fingerprint density at radius 1 is 1.11 bits per heavy atom. The van der Waals surface area contributed by atoms with E-state index in [9.17, 15) is 9.59 Å². The van der Waals surface area contributed by atoms with E-state index < -0.39 is 23.9 Å². The molecule has 19 heavy (non-hydrogen) atoms. The highest BCUT2D eigenvalue weighted by Crippen LogP contribution is 2.19. The zero-order valence-electron chi connectivity index (χ0n) is 11.3. The third-order valence-corrected chi connectivity index (χ3v) is 3.08. The predicted octanol–water partition coefficient (Wildman–Crippen LogP) is 2.00. The van der Waals surface area contributed by atoms with Crippen molar-refractivity contribution in [3.8, 4) is 0 Å². The van der Waals surface area contributed by atoms with Crippen LogP contribution in [-0.4, -0.2) is 34.7 Å². The van der Waals surface area contributed by atoms with Gasteiger partial charge < -0.3 is 15.1 Å². The highest BCUT2D eigenvalue weighted by molar-refractivity contribution is 5.78. The largest absolute Gasteiger partial charge is 0.481 e. The van der Waals surface area contributed by atoms with Crippen LogP contribution in [0.5, 0.6) is 0 Å². The summed E-state index contributed by atoms with van der Waals surface area (Å²) in [5.41, 5.74) is 1.78. The number of carbonyl (C=O) groups is 2. The van der Waals surface area contributed by atoms with Crippen LogP contribution in [0.2, 0.25) is 0 Å². The number of carboxylic acid groups (broad SMARTS) is 2. The molecule has 2 atom stereocenters. The smallest absolute Gasteiger partial charge is 0.326 e. The topological polar surface area (TPSA) is 77.8 Å². The Morgan fingerprint density at radius 3 is 2.05 bits per heavy atom. The van der Waals surface area contributed by atoms with Crippen LogP contribution < -0.4 is 4.90 Å². The number of nitrogens with zero attached hydrogens (tertiary/aromatic N) is 1. The number of hydrogen-bond acceptors (Lipinski definition) is 3. The summed E-state index contributed by atoms with van der Waals surface area (Å²) >= 11 is 0. The molecule has 104 valence electrons. The highest BCUT2D eigenvalue weighted by Gasteiger charge is 2.25. The first-order valence-electron chi connectivity index (χ1n) is 6.12. The molecule has 2 N–H and O–H groups in total. The summed E-state index contributed by atoms with van der Waals surface area (Å²) in [6.07, 6.45) is 0. The molecule has 0 aromatic heterocycles. The van der Waals surface area contributed by atoms with Crippen LogP contribution in [0.25, 0.3) is 0 Å². The molecular formula is C14H19NO4. The highest BCUT2D eigenvalue weighted by atomic mass is 16.4. The summed E-state index contributed by atoms with van der Waals surface area (Å²) in [5.74, 6) is -2.55. The van der Waals surface area contributed by atoms with Crippen LogP contribution in [-0.2, 0) is 9.59 Å². The summed E-state index contributed by atoms with van der Waals surface area (Å²) in [4.78, 5) is 23.7. The van der Waals surface area contributed by atoms with Crippen molar-refractivity contribution in [3.63, 3.8) is 0 Å². The Hall–Kier alpha value is -2.04. The molecule has 0 saturated heterocycles. The normalized spacial score (nSPS) is 13.6. The third kappa shape index (κ3) is 3.98. The predicted molar refractivity (Wildman–Crippen MR) is 72.4 cm³/mol. The molecule has 1 rings (SSSR count). The number of hydrogen-bond donors (Lipinski definition) is 2. The molecule has 1 aromatic carbocycles. The summed E-state index contributed by atoms with van der Waals surface area (Å²) in [6.45, 7) is 5.22. The molecule has 0 heterocycles. The molecule has 0 radical (unpaired) electrons. The molecule has 0 amide bonds. The second-order valence-electron chi connectivity index (χ2n) is 4.74. The second kappa shape index (κ2) is 6.22. The van der Waals surface area contributed by atoms with E-state index in [2.05, 4.69) is 0 Å². The zero-order valence-corrected chi connectivity index (χ0v) is 11.3. The lowest BCUT2D eigenvalue weighted by molar-refractivity contribution is -0.142. The minimum absolute atomic E-state index is 0.159. The first-order valence-corrected chi connectivity index (χ1v) is 6.12. The summed E-state index contributed by atoms with van der Waals surface area (Å²) in [7, 11) is 0. The molecule has 0 aliphatic heterocycles. The maximum absolute atomic E-state index is 11.1. The van der Waals surface area contributed by atoms with Gasteiger partial charge in [-0.15, -0.1) is 0 Å². The van der Waals surface area contributed by atoms with E-state index >= 15 is 0 Å². The molecular weight excluding hydrogens is 246 g/mol. The van der Waals surface area contributed by atoms with E-state index in [1.165, 1.54) is 0 Å². The van der Waals surface area contributed by atoms with Gasteiger partial charge in [0.05, 0.1) is 5.92 Å². The lowest BCUT2D eigenvalue weighted by Crippen LogP contribution is -2.43. The quantitative estimate of drug-likeness (QED) is 0.822. The lowest BCUT2D eigenvalue weighted by atomic mass is 10.1. The Kier molecular flexibility index (Phi) is 4.92. The summed E-state index contributed by atoms with van der Waals surface area (Å²) in [5, 5.41) is 18.1. The van der Waals surface area contributed by atoms with Crippen molar-refractivity contribution in [2.24, 2.45) is 5.92 Å². The standard InChI is InChI=1S/C14H19NO4/c1-9-4-6-12(7-5-9)15(11(3)14(18)19)8-10(2)13(16)17/h4-7,10-11H,8H2,1-3H3,(H,16,17)(H,18,19). The molecule has 0 aliphatic rings. The number of carboxylic acids is 2. The number of aryl methyl sites for hydroxylation is 1. The first kappa shape index (κ1) is 15.0. The molecule has 0 bridgehead atoms. The maximum atomic E-state index is 11.1. The van der Waals surface area contributed by atoms with Gasteiger partial charge in [-0.2, -0.15) is 0 Å². The van der Waals surface area contributed by atoms with E-state index in [0.717, 1.165) is 5.56 Å². The molecule has 0 spiro atoms. The van der Waals surface area contributed by atoms with Crippen molar-refractivity contribution in [2.45, 2.75) is 26.8 Å². The Morgan fingerprint density at radius 2 is 1.63 bits per heavy atom. The Labute approximate surface area is 112 Å². The van der Waals surface area contributed by atoms with Gasteiger partial charge >= 0.3 is 11.9 Å². The zero-order chi connectivity index (χ0) is 14.6. The molecule has 5 heteroatoms. The Bertz CT molecular complexity index is 455. The Balaban J connectivity index is 3.01. The van der Waals surface area contributed by atoms with Gasteiger partial charge in [0.25, 0.3) is 0 Å². The summed E-state index contributed by atoms with van der Waals surface area (Å²) in [6, 6.07) is 6.60. The number of benzene rings is 1. The maximum Gasteiger partial charge on any atom is 0.326 e. The number of aliphatic carboxylic acids is 2. The molecule has 1 aromatic rings. The van der Waals surface area contributed by atoms with Crippen molar-refractivity contribution in [1.29, 1.82) is 0 Å². The molecule has 0 fully saturated rings. The van der Waals surface area contributed by atoms with Crippen LogP contribution in [0.1, 0.15) is 19.4 Å². The van der Waals surface area contributed by atoms with Crippen LogP contribution >= 0.6 is 0 Å². The molecule has 5 nitrogen and oxygen atoms in total. The fraction of sp³-hybridized carbons (Fsp3) is 0.429. The van der Waals surface area contributed by atoms with Gasteiger partial charge in [-0.3, -0.25) is 4.79 Å². The molecule has 2 unspecified atom stereocenters.